The van der Waals surface area contributed by atoms with Crippen LogP contribution in [-0.4, -0.2) is 4.98 Å². The molecule has 0 saturated heterocycles. The van der Waals surface area contributed by atoms with Crippen LogP contribution < -0.4 is 5.73 Å². The molecule has 0 aliphatic carbocycles. The van der Waals surface area contributed by atoms with Crippen LogP contribution in [0.3, 0.4) is 0 Å². The molecule has 1 radical (unpaired) electrons. The summed E-state index contributed by atoms with van der Waals surface area (Å²) in [5.41, 5.74) is 5.20. The predicted molar refractivity (Wildman–Crippen MR) is 32.5 cm³/mol. The Morgan fingerprint density at radius 1 is 1.75 bits per heavy atom. The molecule has 0 saturated carbocycles. The minimum absolute atomic E-state index is 0.370. The second-order valence-electron chi connectivity index (χ2n) is 1.32. The first-order valence-corrected chi connectivity index (χ1v) is 2.45. The van der Waals surface area contributed by atoms with Gasteiger partial charge in [-0.05, 0) is 6.07 Å². The SMILES string of the molecule is Nc1[c]cc(Cl)cn1. The van der Waals surface area contributed by atoms with Crippen molar-refractivity contribution in [3.8, 4) is 0 Å². The van der Waals surface area contributed by atoms with Gasteiger partial charge in [0.05, 0.1) is 5.02 Å². The summed E-state index contributed by atoms with van der Waals surface area (Å²) in [5, 5.41) is 0.555. The van der Waals surface area contributed by atoms with E-state index in [9.17, 15) is 0 Å². The van der Waals surface area contributed by atoms with E-state index in [1.165, 1.54) is 6.20 Å². The first kappa shape index (κ1) is 5.38. The van der Waals surface area contributed by atoms with Crippen molar-refractivity contribution in [3.63, 3.8) is 0 Å². The van der Waals surface area contributed by atoms with Crippen molar-refractivity contribution in [2.75, 3.05) is 5.73 Å². The zero-order chi connectivity index (χ0) is 5.98. The van der Waals surface area contributed by atoms with Crippen molar-refractivity contribution in [1.29, 1.82) is 0 Å². The molecular weight excluding hydrogens is 124 g/mol. The van der Waals surface area contributed by atoms with Gasteiger partial charge in [-0.15, -0.1) is 0 Å². The molecule has 0 spiro atoms. The van der Waals surface area contributed by atoms with Gasteiger partial charge in [-0.1, -0.05) is 11.6 Å². The number of halogens is 1. The van der Waals surface area contributed by atoms with Crippen LogP contribution in [0.15, 0.2) is 12.3 Å². The van der Waals surface area contributed by atoms with Crippen molar-refractivity contribution in [1.82, 2.24) is 4.98 Å². The van der Waals surface area contributed by atoms with Gasteiger partial charge in [0.1, 0.15) is 5.82 Å². The zero-order valence-corrected chi connectivity index (χ0v) is 4.81. The van der Waals surface area contributed by atoms with Crippen LogP contribution in [0.4, 0.5) is 5.82 Å². The lowest BCUT2D eigenvalue weighted by Crippen LogP contribution is -1.86. The number of nitrogens with two attached hydrogens (primary N) is 1. The average Bonchev–Trinajstić information content (AvgIpc) is 1.77. The molecule has 3 heteroatoms. The van der Waals surface area contributed by atoms with E-state index in [1.54, 1.807) is 6.07 Å². The van der Waals surface area contributed by atoms with Crippen molar-refractivity contribution in [2.24, 2.45) is 0 Å². The van der Waals surface area contributed by atoms with Crippen LogP contribution in [0.1, 0.15) is 0 Å². The second-order valence-corrected chi connectivity index (χ2v) is 1.75. The van der Waals surface area contributed by atoms with Crippen molar-refractivity contribution >= 4 is 17.4 Å². The largest absolute Gasteiger partial charge is 0.383 e. The minimum Gasteiger partial charge on any atom is -0.383 e. The predicted octanol–water partition coefficient (Wildman–Crippen LogP) is 1.12. The summed E-state index contributed by atoms with van der Waals surface area (Å²) < 4.78 is 0. The van der Waals surface area contributed by atoms with Gasteiger partial charge in [-0.25, -0.2) is 4.98 Å². The summed E-state index contributed by atoms with van der Waals surface area (Å²) in [6.07, 6.45) is 1.48. The molecule has 0 bridgehead atoms. The molecule has 0 amide bonds. The highest BCUT2D eigenvalue weighted by Gasteiger charge is 1.84. The van der Waals surface area contributed by atoms with E-state index in [2.05, 4.69) is 11.1 Å². The average molecular weight is 128 g/mol. The standard InChI is InChI=1S/C5H4ClN2/c6-4-1-2-5(7)8-3-4/h1,3H,(H2,7,8). The molecule has 0 aliphatic heterocycles. The molecule has 41 valence electrons. The normalized spacial score (nSPS) is 9.12. The van der Waals surface area contributed by atoms with Gasteiger partial charge in [0, 0.05) is 12.3 Å². The molecule has 0 unspecified atom stereocenters. The van der Waals surface area contributed by atoms with Crippen LogP contribution in [0, 0.1) is 6.07 Å². The molecule has 8 heavy (non-hydrogen) atoms. The Labute approximate surface area is 52.3 Å². The summed E-state index contributed by atoms with van der Waals surface area (Å²) in [7, 11) is 0. The summed E-state index contributed by atoms with van der Waals surface area (Å²) >= 11 is 5.46. The molecule has 0 atom stereocenters. The van der Waals surface area contributed by atoms with Gasteiger partial charge < -0.3 is 5.73 Å². The number of pyridine rings is 1. The molecule has 0 aromatic carbocycles. The van der Waals surface area contributed by atoms with Gasteiger partial charge in [-0.3, -0.25) is 0 Å². The molecule has 1 rings (SSSR count). The number of nitrogen functional groups attached to an aromatic ring is 1. The third-order valence-corrected chi connectivity index (χ3v) is 0.892. The Morgan fingerprint density at radius 3 is 2.88 bits per heavy atom. The fraction of sp³-hybridized carbons (Fsp3) is 0. The highest BCUT2D eigenvalue weighted by atomic mass is 35.5. The van der Waals surface area contributed by atoms with E-state index in [-0.39, 0.29) is 0 Å². The maximum absolute atomic E-state index is 5.46. The van der Waals surface area contributed by atoms with Crippen molar-refractivity contribution in [3.05, 3.63) is 23.4 Å². The Balaban J connectivity index is 3.03. The van der Waals surface area contributed by atoms with Crippen LogP contribution in [-0.2, 0) is 0 Å². The molecular formula is C5H4ClN2. The van der Waals surface area contributed by atoms with E-state index in [0.717, 1.165) is 0 Å². The molecule has 1 aromatic heterocycles. The van der Waals surface area contributed by atoms with Crippen LogP contribution >= 0.6 is 11.6 Å². The topological polar surface area (TPSA) is 38.9 Å². The zero-order valence-electron chi connectivity index (χ0n) is 4.06. The van der Waals surface area contributed by atoms with Gasteiger partial charge in [0.2, 0.25) is 0 Å². The smallest absolute Gasteiger partial charge is 0.131 e. The molecule has 2 N–H and O–H groups in total. The van der Waals surface area contributed by atoms with E-state index in [4.69, 9.17) is 17.3 Å². The molecule has 1 heterocycles. The van der Waals surface area contributed by atoms with Crippen LogP contribution in [0.2, 0.25) is 5.02 Å². The van der Waals surface area contributed by atoms with Gasteiger partial charge in [0.15, 0.2) is 0 Å². The minimum atomic E-state index is 0.370. The lowest BCUT2D eigenvalue weighted by Gasteiger charge is -1.86. The Morgan fingerprint density at radius 2 is 2.50 bits per heavy atom. The molecule has 0 fully saturated rings. The fourth-order valence-corrected chi connectivity index (χ4v) is 0.452. The highest BCUT2D eigenvalue weighted by Crippen LogP contribution is 2.04. The molecule has 1 aromatic rings. The Hall–Kier alpha value is -0.760. The first-order chi connectivity index (χ1) is 3.79. The third kappa shape index (κ3) is 1.10. The molecule has 2 nitrogen and oxygen atoms in total. The summed E-state index contributed by atoms with van der Waals surface area (Å²) in [6.45, 7) is 0. The van der Waals surface area contributed by atoms with E-state index < -0.39 is 0 Å². The van der Waals surface area contributed by atoms with Crippen molar-refractivity contribution in [2.45, 2.75) is 0 Å². The lowest BCUT2D eigenvalue weighted by atomic mass is 10.5. The number of anilines is 1. The first-order valence-electron chi connectivity index (χ1n) is 2.08. The number of hydrogen-bond donors (Lipinski definition) is 1. The van der Waals surface area contributed by atoms with E-state index in [1.807, 2.05) is 0 Å². The van der Waals surface area contributed by atoms with Gasteiger partial charge in [-0.2, -0.15) is 0 Å². The van der Waals surface area contributed by atoms with Gasteiger partial charge in [0.25, 0.3) is 0 Å². The van der Waals surface area contributed by atoms with Crippen LogP contribution in [0.25, 0.3) is 0 Å². The number of rotatable bonds is 0. The second kappa shape index (κ2) is 2.01. The quantitative estimate of drug-likeness (QED) is 0.567. The maximum atomic E-state index is 5.46. The summed E-state index contributed by atoms with van der Waals surface area (Å²) in [5.74, 6) is 0.370. The number of nitrogens with zero attached hydrogens (tertiary/aromatic N) is 1. The fourth-order valence-electron chi connectivity index (χ4n) is 0.349. The number of aromatic nitrogens is 1. The number of hydrogen-bond acceptors (Lipinski definition) is 2. The summed E-state index contributed by atoms with van der Waals surface area (Å²) in [6, 6.07) is 4.21. The lowest BCUT2D eigenvalue weighted by molar-refractivity contribution is 1.33. The Bertz CT molecular complexity index is 149. The van der Waals surface area contributed by atoms with Crippen LogP contribution in [0.5, 0.6) is 0 Å². The molecule has 0 aliphatic rings. The van der Waals surface area contributed by atoms with Gasteiger partial charge >= 0.3 is 0 Å². The van der Waals surface area contributed by atoms with Crippen molar-refractivity contribution < 1.29 is 0 Å². The monoisotopic (exact) mass is 127 g/mol. The van der Waals surface area contributed by atoms with E-state index in [0.29, 0.717) is 10.8 Å². The third-order valence-electron chi connectivity index (χ3n) is 0.685. The maximum Gasteiger partial charge on any atom is 0.131 e. The summed E-state index contributed by atoms with van der Waals surface area (Å²) in [4.78, 5) is 3.67. The Kier molecular flexibility index (Phi) is 1.35. The highest BCUT2D eigenvalue weighted by molar-refractivity contribution is 6.30. The van der Waals surface area contributed by atoms with E-state index >= 15 is 0 Å².